The van der Waals surface area contributed by atoms with Crippen LogP contribution in [0.15, 0.2) is 17.8 Å². The highest BCUT2D eigenvalue weighted by molar-refractivity contribution is 7.09. The number of aryl methyl sites for hydroxylation is 1. The van der Waals surface area contributed by atoms with E-state index in [0.717, 1.165) is 69.8 Å². The van der Waals surface area contributed by atoms with Crippen LogP contribution >= 0.6 is 11.3 Å². The van der Waals surface area contributed by atoms with E-state index in [1.165, 1.54) is 4.88 Å². The van der Waals surface area contributed by atoms with E-state index in [9.17, 15) is 0 Å². The summed E-state index contributed by atoms with van der Waals surface area (Å²) in [5.74, 6) is 1.81. The first-order valence-corrected chi connectivity index (χ1v) is 10.1. The Morgan fingerprint density at radius 1 is 1.27 bits per heavy atom. The number of ether oxygens (including phenoxy) is 1. The molecule has 0 bridgehead atoms. The molecule has 1 atom stereocenters. The lowest BCUT2D eigenvalue weighted by molar-refractivity contribution is 0.122. The molecule has 2 fully saturated rings. The lowest BCUT2D eigenvalue weighted by atomic mass is 10.2. The molecule has 0 radical (unpaired) electrons. The van der Waals surface area contributed by atoms with Crippen LogP contribution in [0.25, 0.3) is 0 Å². The number of hydrogen-bond acceptors (Lipinski definition) is 8. The zero-order valence-electron chi connectivity index (χ0n) is 15.5. The van der Waals surface area contributed by atoms with Crippen molar-refractivity contribution >= 4 is 23.1 Å². The fourth-order valence-corrected chi connectivity index (χ4v) is 4.41. The standard InChI is InChI=1S/C18H26N6OS/c1-14-16(26-13-20-14)12-23-6-4-15(11-23)22(2)17-3-5-19-18(21-17)24-7-9-25-10-8-24/h3,5,13,15H,4,6-12H2,1-2H3. The molecule has 0 amide bonds. The Hall–Kier alpha value is -1.77. The van der Waals surface area contributed by atoms with Gasteiger partial charge in [0, 0.05) is 56.9 Å². The Labute approximate surface area is 158 Å². The number of aromatic nitrogens is 3. The zero-order chi connectivity index (χ0) is 17.9. The van der Waals surface area contributed by atoms with Gasteiger partial charge in [0.05, 0.1) is 24.4 Å². The number of thiazole rings is 1. The summed E-state index contributed by atoms with van der Waals surface area (Å²) in [7, 11) is 2.15. The van der Waals surface area contributed by atoms with Crippen LogP contribution in [0.2, 0.25) is 0 Å². The highest BCUT2D eigenvalue weighted by atomic mass is 32.1. The van der Waals surface area contributed by atoms with Gasteiger partial charge in [0.2, 0.25) is 5.95 Å². The van der Waals surface area contributed by atoms with E-state index in [1.807, 2.05) is 17.8 Å². The molecule has 2 saturated heterocycles. The maximum atomic E-state index is 5.43. The Balaban J connectivity index is 1.40. The average Bonchev–Trinajstić information content (AvgIpc) is 3.32. The lowest BCUT2D eigenvalue weighted by Gasteiger charge is -2.29. The van der Waals surface area contributed by atoms with Crippen molar-refractivity contribution in [3.05, 3.63) is 28.3 Å². The summed E-state index contributed by atoms with van der Waals surface area (Å²) in [4.78, 5) is 22.1. The molecule has 2 aliphatic rings. The first-order valence-electron chi connectivity index (χ1n) is 9.20. The number of anilines is 2. The normalized spacial score (nSPS) is 21.3. The summed E-state index contributed by atoms with van der Waals surface area (Å²) < 4.78 is 5.43. The summed E-state index contributed by atoms with van der Waals surface area (Å²) in [5.41, 5.74) is 3.11. The SMILES string of the molecule is Cc1ncsc1CN1CCC(N(C)c2ccnc(N3CCOCC3)n2)C1. The predicted octanol–water partition coefficient (Wildman–Crippen LogP) is 1.79. The summed E-state index contributed by atoms with van der Waals surface area (Å²) in [6.07, 6.45) is 3.03. The van der Waals surface area contributed by atoms with Crippen molar-refractivity contribution in [2.45, 2.75) is 25.9 Å². The van der Waals surface area contributed by atoms with Gasteiger partial charge < -0.3 is 14.5 Å². The Bertz CT molecular complexity index is 732. The first-order chi connectivity index (χ1) is 12.7. The maximum Gasteiger partial charge on any atom is 0.227 e. The monoisotopic (exact) mass is 374 g/mol. The van der Waals surface area contributed by atoms with Gasteiger partial charge in [-0.3, -0.25) is 4.90 Å². The van der Waals surface area contributed by atoms with Gasteiger partial charge in [-0.05, 0) is 19.4 Å². The molecule has 4 rings (SSSR count). The summed E-state index contributed by atoms with van der Waals surface area (Å²) in [5, 5.41) is 0. The highest BCUT2D eigenvalue weighted by Crippen LogP contribution is 2.24. The second kappa shape index (κ2) is 7.85. The van der Waals surface area contributed by atoms with Crippen LogP contribution in [0.3, 0.4) is 0 Å². The number of nitrogens with zero attached hydrogens (tertiary/aromatic N) is 6. The van der Waals surface area contributed by atoms with Crippen molar-refractivity contribution < 1.29 is 4.74 Å². The van der Waals surface area contributed by atoms with Gasteiger partial charge in [-0.25, -0.2) is 9.97 Å². The first kappa shape index (κ1) is 17.6. The van der Waals surface area contributed by atoms with Crippen LogP contribution in [0, 0.1) is 6.92 Å². The molecule has 0 N–H and O–H groups in total. The van der Waals surface area contributed by atoms with Crippen LogP contribution < -0.4 is 9.80 Å². The fraction of sp³-hybridized carbons (Fsp3) is 0.611. The van der Waals surface area contributed by atoms with Crippen molar-refractivity contribution in [1.29, 1.82) is 0 Å². The van der Waals surface area contributed by atoms with Crippen LogP contribution in [-0.2, 0) is 11.3 Å². The van der Waals surface area contributed by atoms with Crippen LogP contribution in [0.4, 0.5) is 11.8 Å². The molecule has 8 heteroatoms. The second-order valence-electron chi connectivity index (χ2n) is 6.96. The van der Waals surface area contributed by atoms with Gasteiger partial charge in [0.15, 0.2) is 0 Å². The van der Waals surface area contributed by atoms with E-state index in [1.54, 1.807) is 11.3 Å². The van der Waals surface area contributed by atoms with Gasteiger partial charge in [0.1, 0.15) is 5.82 Å². The third-order valence-corrected chi connectivity index (χ3v) is 6.21. The van der Waals surface area contributed by atoms with E-state index in [2.05, 4.69) is 38.6 Å². The molecule has 0 spiro atoms. The van der Waals surface area contributed by atoms with Gasteiger partial charge >= 0.3 is 0 Å². The molecule has 4 heterocycles. The van der Waals surface area contributed by atoms with Crippen LogP contribution in [0.1, 0.15) is 17.0 Å². The molecular weight excluding hydrogens is 348 g/mol. The van der Waals surface area contributed by atoms with Crippen molar-refractivity contribution in [3.8, 4) is 0 Å². The summed E-state index contributed by atoms with van der Waals surface area (Å²) >= 11 is 1.76. The lowest BCUT2D eigenvalue weighted by Crippen LogP contribution is -2.38. The predicted molar refractivity (Wildman–Crippen MR) is 104 cm³/mol. The smallest absolute Gasteiger partial charge is 0.227 e. The van der Waals surface area contributed by atoms with E-state index < -0.39 is 0 Å². The highest BCUT2D eigenvalue weighted by Gasteiger charge is 2.27. The zero-order valence-corrected chi connectivity index (χ0v) is 16.3. The molecular formula is C18H26N6OS. The maximum absolute atomic E-state index is 5.43. The summed E-state index contributed by atoms with van der Waals surface area (Å²) in [6.45, 7) is 8.49. The van der Waals surface area contributed by atoms with E-state index >= 15 is 0 Å². The van der Waals surface area contributed by atoms with Gasteiger partial charge in [-0.1, -0.05) is 0 Å². The van der Waals surface area contributed by atoms with Gasteiger partial charge in [-0.15, -0.1) is 11.3 Å². The number of likely N-dealkylation sites (N-methyl/N-ethyl adjacent to an activating group) is 1. The topological polar surface area (TPSA) is 57.6 Å². The molecule has 26 heavy (non-hydrogen) atoms. The minimum absolute atomic E-state index is 0.482. The van der Waals surface area contributed by atoms with Gasteiger partial charge in [0.25, 0.3) is 0 Å². The molecule has 2 aromatic rings. The van der Waals surface area contributed by atoms with Crippen LogP contribution in [0.5, 0.6) is 0 Å². The number of hydrogen-bond donors (Lipinski definition) is 0. The van der Waals surface area contributed by atoms with Gasteiger partial charge in [-0.2, -0.15) is 4.98 Å². The molecule has 0 saturated carbocycles. The third kappa shape index (κ3) is 3.82. The van der Waals surface area contributed by atoms with Crippen molar-refractivity contribution in [2.75, 3.05) is 56.2 Å². The molecule has 0 aliphatic carbocycles. The van der Waals surface area contributed by atoms with Crippen LogP contribution in [-0.4, -0.2) is 72.3 Å². The molecule has 2 aromatic heterocycles. The van der Waals surface area contributed by atoms with Crippen molar-refractivity contribution in [1.82, 2.24) is 19.9 Å². The minimum atomic E-state index is 0.482. The van der Waals surface area contributed by atoms with Crippen molar-refractivity contribution in [2.24, 2.45) is 0 Å². The third-order valence-electron chi connectivity index (χ3n) is 5.29. The van der Waals surface area contributed by atoms with E-state index in [0.29, 0.717) is 6.04 Å². The van der Waals surface area contributed by atoms with Crippen molar-refractivity contribution in [3.63, 3.8) is 0 Å². The minimum Gasteiger partial charge on any atom is -0.378 e. The summed E-state index contributed by atoms with van der Waals surface area (Å²) in [6, 6.07) is 2.50. The Morgan fingerprint density at radius 3 is 2.88 bits per heavy atom. The molecule has 7 nitrogen and oxygen atoms in total. The quantitative estimate of drug-likeness (QED) is 0.791. The Morgan fingerprint density at radius 2 is 2.12 bits per heavy atom. The fourth-order valence-electron chi connectivity index (χ4n) is 3.59. The molecule has 140 valence electrons. The largest absolute Gasteiger partial charge is 0.378 e. The molecule has 2 aliphatic heterocycles. The van der Waals surface area contributed by atoms with E-state index in [4.69, 9.17) is 9.72 Å². The van der Waals surface area contributed by atoms with E-state index in [-0.39, 0.29) is 0 Å². The number of rotatable bonds is 5. The number of likely N-dealkylation sites (tertiary alicyclic amines) is 1. The Kier molecular flexibility index (Phi) is 5.33. The molecule has 1 unspecified atom stereocenters. The average molecular weight is 375 g/mol. The number of morpholine rings is 1. The molecule has 0 aromatic carbocycles. The second-order valence-corrected chi connectivity index (χ2v) is 7.90.